The van der Waals surface area contributed by atoms with Crippen LogP contribution in [-0.2, 0) is 24.3 Å². The number of ether oxygens (including phenoxy) is 2. The molecule has 2 aromatic carbocycles. The van der Waals surface area contributed by atoms with Gasteiger partial charge < -0.3 is 14.8 Å². The van der Waals surface area contributed by atoms with E-state index >= 15 is 0 Å². The van der Waals surface area contributed by atoms with E-state index in [4.69, 9.17) is 9.47 Å². The molecule has 3 unspecified atom stereocenters. The Balaban J connectivity index is 1.92. The number of hydrogen-bond acceptors (Lipinski definition) is 6. The van der Waals surface area contributed by atoms with Gasteiger partial charge in [0, 0.05) is 0 Å². The molecule has 0 spiro atoms. The third-order valence-corrected chi connectivity index (χ3v) is 6.00. The molecule has 0 bridgehead atoms. The van der Waals surface area contributed by atoms with Crippen molar-refractivity contribution in [2.24, 2.45) is 0 Å². The zero-order chi connectivity index (χ0) is 23.2. The summed E-state index contributed by atoms with van der Waals surface area (Å²) in [5, 5.41) is 2.66. The van der Waals surface area contributed by atoms with Gasteiger partial charge in [-0.2, -0.15) is 4.72 Å². The number of methoxy groups -OCH3 is 1. The summed E-state index contributed by atoms with van der Waals surface area (Å²) in [6, 6.07) is 9.59. The third-order valence-electron chi connectivity index (χ3n) is 4.45. The minimum absolute atomic E-state index is 0.0492. The molecule has 2 aromatic rings. The highest BCUT2D eigenvalue weighted by molar-refractivity contribution is 7.89. The molecule has 2 rings (SSSR count). The van der Waals surface area contributed by atoms with Gasteiger partial charge in [0.15, 0.2) is 6.10 Å². The Morgan fingerprint density at radius 2 is 1.55 bits per heavy atom. The summed E-state index contributed by atoms with van der Waals surface area (Å²) in [6.45, 7) is 4.38. The van der Waals surface area contributed by atoms with Crippen molar-refractivity contribution in [1.29, 1.82) is 0 Å². The van der Waals surface area contributed by atoms with Crippen LogP contribution in [0.1, 0.15) is 32.4 Å². The maximum absolute atomic E-state index is 13.0. The van der Waals surface area contributed by atoms with Crippen LogP contribution >= 0.6 is 0 Å². The minimum atomic E-state index is -3.98. The van der Waals surface area contributed by atoms with Crippen LogP contribution in [0, 0.1) is 5.82 Å². The molecular weight excluding hydrogens is 427 g/mol. The molecule has 0 aliphatic heterocycles. The quantitative estimate of drug-likeness (QED) is 0.565. The van der Waals surface area contributed by atoms with Crippen LogP contribution in [0.2, 0.25) is 0 Å². The highest BCUT2D eigenvalue weighted by Gasteiger charge is 2.27. The normalized spacial score (nSPS) is 14.2. The minimum Gasteiger partial charge on any atom is -0.497 e. The van der Waals surface area contributed by atoms with Crippen LogP contribution in [0.15, 0.2) is 53.4 Å². The Hall–Kier alpha value is -2.98. The smallest absolute Gasteiger partial charge is 0.324 e. The molecule has 8 nitrogen and oxygen atoms in total. The number of nitrogens with one attached hydrogen (secondary N) is 2. The molecule has 2 N–H and O–H groups in total. The van der Waals surface area contributed by atoms with E-state index in [0.29, 0.717) is 11.3 Å². The predicted octanol–water partition coefficient (Wildman–Crippen LogP) is 2.31. The number of carbonyl (C=O) groups is 2. The topological polar surface area (TPSA) is 111 Å². The maximum atomic E-state index is 13.0. The van der Waals surface area contributed by atoms with Crippen LogP contribution in [0.5, 0.6) is 5.75 Å². The van der Waals surface area contributed by atoms with E-state index in [1.165, 1.54) is 69.5 Å². The van der Waals surface area contributed by atoms with E-state index in [9.17, 15) is 22.4 Å². The number of hydrogen-bond donors (Lipinski definition) is 2. The Bertz CT molecular complexity index is 1010. The van der Waals surface area contributed by atoms with Crippen molar-refractivity contribution in [3.63, 3.8) is 0 Å². The number of benzene rings is 2. The summed E-state index contributed by atoms with van der Waals surface area (Å²) in [7, 11) is -2.53. The molecule has 0 heterocycles. The van der Waals surface area contributed by atoms with Gasteiger partial charge in [0.05, 0.1) is 18.0 Å². The van der Waals surface area contributed by atoms with Gasteiger partial charge in [0.1, 0.15) is 17.6 Å². The molecule has 1 amide bonds. The Labute approximate surface area is 180 Å². The van der Waals surface area contributed by atoms with E-state index in [1.807, 2.05) is 0 Å². The van der Waals surface area contributed by atoms with Crippen molar-refractivity contribution in [1.82, 2.24) is 10.0 Å². The lowest BCUT2D eigenvalue weighted by Gasteiger charge is -2.20. The van der Waals surface area contributed by atoms with Gasteiger partial charge in [-0.15, -0.1) is 0 Å². The summed E-state index contributed by atoms with van der Waals surface area (Å²) >= 11 is 0. The molecule has 0 fully saturated rings. The fraction of sp³-hybridized carbons (Fsp3) is 0.333. The van der Waals surface area contributed by atoms with E-state index in [-0.39, 0.29) is 4.90 Å². The second-order valence-electron chi connectivity index (χ2n) is 6.88. The summed E-state index contributed by atoms with van der Waals surface area (Å²) in [4.78, 5) is 24.5. The number of amides is 1. The first-order valence-corrected chi connectivity index (χ1v) is 10.9. The highest BCUT2D eigenvalue weighted by Crippen LogP contribution is 2.16. The van der Waals surface area contributed by atoms with Crippen LogP contribution in [-0.4, -0.2) is 39.5 Å². The molecule has 0 saturated carbocycles. The van der Waals surface area contributed by atoms with Crippen molar-refractivity contribution >= 4 is 21.9 Å². The van der Waals surface area contributed by atoms with Gasteiger partial charge in [-0.1, -0.05) is 12.1 Å². The number of rotatable bonds is 9. The van der Waals surface area contributed by atoms with Crippen molar-refractivity contribution in [2.45, 2.75) is 43.9 Å². The van der Waals surface area contributed by atoms with Crippen molar-refractivity contribution < 1.29 is 31.9 Å². The second-order valence-corrected chi connectivity index (χ2v) is 8.59. The van der Waals surface area contributed by atoms with E-state index in [0.717, 1.165) is 0 Å². The van der Waals surface area contributed by atoms with Crippen LogP contribution in [0.4, 0.5) is 4.39 Å². The van der Waals surface area contributed by atoms with Gasteiger partial charge in [-0.3, -0.25) is 9.59 Å². The van der Waals surface area contributed by atoms with Gasteiger partial charge in [-0.05, 0) is 62.7 Å². The van der Waals surface area contributed by atoms with Crippen molar-refractivity contribution in [3.8, 4) is 5.75 Å². The fourth-order valence-electron chi connectivity index (χ4n) is 2.60. The first-order chi connectivity index (χ1) is 14.5. The molecule has 0 saturated heterocycles. The molecular formula is C21H25FN2O6S. The van der Waals surface area contributed by atoms with Gasteiger partial charge >= 0.3 is 5.97 Å². The molecule has 3 atom stereocenters. The van der Waals surface area contributed by atoms with Gasteiger partial charge in [0.2, 0.25) is 10.0 Å². The molecule has 10 heteroatoms. The fourth-order valence-corrected chi connectivity index (χ4v) is 3.79. The average molecular weight is 453 g/mol. The van der Waals surface area contributed by atoms with Crippen LogP contribution in [0.25, 0.3) is 0 Å². The van der Waals surface area contributed by atoms with Gasteiger partial charge in [-0.25, -0.2) is 12.8 Å². The number of esters is 1. The molecule has 0 radical (unpaired) electrons. The molecule has 0 aromatic heterocycles. The number of sulfonamides is 1. The first kappa shape index (κ1) is 24.3. The largest absolute Gasteiger partial charge is 0.497 e. The number of carbonyl (C=O) groups excluding carboxylic acids is 2. The van der Waals surface area contributed by atoms with Gasteiger partial charge in [0.25, 0.3) is 5.91 Å². The Morgan fingerprint density at radius 3 is 2.10 bits per heavy atom. The summed E-state index contributed by atoms with van der Waals surface area (Å²) in [6.07, 6.45) is -1.16. The van der Waals surface area contributed by atoms with E-state index in [1.54, 1.807) is 6.92 Å². The average Bonchev–Trinajstić information content (AvgIpc) is 2.73. The first-order valence-electron chi connectivity index (χ1n) is 9.46. The zero-order valence-electron chi connectivity index (χ0n) is 17.6. The monoisotopic (exact) mass is 452 g/mol. The third kappa shape index (κ3) is 6.76. The maximum Gasteiger partial charge on any atom is 0.324 e. The molecule has 31 heavy (non-hydrogen) atoms. The summed E-state index contributed by atoms with van der Waals surface area (Å²) in [5.41, 5.74) is 0.675. The zero-order valence-corrected chi connectivity index (χ0v) is 18.4. The Kier molecular flexibility index (Phi) is 8.12. The highest BCUT2D eigenvalue weighted by atomic mass is 32.2. The van der Waals surface area contributed by atoms with Crippen molar-refractivity contribution in [3.05, 3.63) is 59.9 Å². The summed E-state index contributed by atoms with van der Waals surface area (Å²) < 4.78 is 50.2. The van der Waals surface area contributed by atoms with E-state index in [2.05, 4.69) is 10.0 Å². The molecule has 0 aliphatic carbocycles. The second kappa shape index (κ2) is 10.4. The predicted molar refractivity (Wildman–Crippen MR) is 111 cm³/mol. The lowest BCUT2D eigenvalue weighted by Crippen LogP contribution is -2.43. The van der Waals surface area contributed by atoms with Crippen LogP contribution in [0.3, 0.4) is 0 Å². The lowest BCUT2D eigenvalue weighted by molar-refractivity contribution is -0.156. The summed E-state index contributed by atoms with van der Waals surface area (Å²) in [5.74, 6) is -1.39. The SMILES string of the molecule is COc1ccc(S(=O)(=O)NC(C)C(=O)OC(C)C(=O)NC(C)c2ccc(F)cc2)cc1. The van der Waals surface area contributed by atoms with E-state index < -0.39 is 45.9 Å². The molecule has 0 aliphatic rings. The van der Waals surface area contributed by atoms with Crippen molar-refractivity contribution in [2.75, 3.05) is 7.11 Å². The Morgan fingerprint density at radius 1 is 0.968 bits per heavy atom. The number of halogens is 1. The van der Waals surface area contributed by atoms with Crippen LogP contribution < -0.4 is 14.8 Å². The lowest BCUT2D eigenvalue weighted by atomic mass is 10.1. The molecule has 168 valence electrons. The standard InChI is InChI=1S/C21H25FN2O6S/c1-13(16-5-7-17(22)8-6-16)23-20(25)15(3)30-21(26)14(2)24-31(27,28)19-11-9-18(29-4)10-12-19/h5-15,24H,1-4H3,(H,23,25).